The fourth-order valence-corrected chi connectivity index (χ4v) is 6.63. The number of amides is 2. The summed E-state index contributed by atoms with van der Waals surface area (Å²) in [5, 5.41) is 3.33. The van der Waals surface area contributed by atoms with Crippen molar-refractivity contribution in [3.63, 3.8) is 0 Å². The molecule has 1 aromatic carbocycles. The Balaban J connectivity index is 1.44. The summed E-state index contributed by atoms with van der Waals surface area (Å²) < 4.78 is 3.24. The monoisotopic (exact) mass is 477 g/mol. The van der Waals surface area contributed by atoms with Crippen LogP contribution < -0.4 is 5.32 Å². The minimum Gasteiger partial charge on any atom is -0.351 e. The third kappa shape index (κ3) is 4.28. The average Bonchev–Trinajstić information content (AvgIpc) is 3.41. The molecule has 1 aliphatic carbocycles. The van der Waals surface area contributed by atoms with Crippen LogP contribution in [0.5, 0.6) is 0 Å². The van der Waals surface area contributed by atoms with Gasteiger partial charge >= 0.3 is 0 Å². The summed E-state index contributed by atoms with van der Waals surface area (Å²) in [6.45, 7) is 5.19. The first kappa shape index (κ1) is 23.2. The molecule has 3 aromatic rings. The van der Waals surface area contributed by atoms with Crippen LogP contribution in [0.1, 0.15) is 73.3 Å². The van der Waals surface area contributed by atoms with Crippen molar-refractivity contribution < 1.29 is 9.59 Å². The van der Waals surface area contributed by atoms with Gasteiger partial charge in [-0.1, -0.05) is 56.5 Å². The van der Waals surface area contributed by atoms with Gasteiger partial charge < -0.3 is 14.8 Å². The summed E-state index contributed by atoms with van der Waals surface area (Å²) >= 11 is 1.75. The Kier molecular flexibility index (Phi) is 6.52. The number of aryl methyl sites for hydroxylation is 2. The molecule has 0 saturated heterocycles. The van der Waals surface area contributed by atoms with E-state index in [0.29, 0.717) is 18.8 Å². The lowest BCUT2D eigenvalue weighted by atomic mass is 9.91. The molecule has 5 rings (SSSR count). The third-order valence-corrected chi connectivity index (χ3v) is 8.85. The van der Waals surface area contributed by atoms with Gasteiger partial charge in [0, 0.05) is 17.5 Å². The Morgan fingerprint density at radius 3 is 2.65 bits per heavy atom. The van der Waals surface area contributed by atoms with Gasteiger partial charge in [-0.25, -0.2) is 0 Å². The standard InChI is InChI=1S/C28H35N3O2S/c1-3-22-17-23-25(34-22)18-24-26(32)31(16-10-13-20-11-6-4-7-12-20)28(2,19-30(23)24)27(33)29-21-14-8-5-9-15-21/h4,6-7,11-12,17-18,21H,3,5,8-10,13-16,19H2,1-2H3,(H,29,33)/t28-/m1/s1. The van der Waals surface area contributed by atoms with Crippen LogP contribution in [-0.2, 0) is 24.2 Å². The van der Waals surface area contributed by atoms with Gasteiger partial charge in [0.2, 0.25) is 5.91 Å². The number of benzene rings is 1. The van der Waals surface area contributed by atoms with E-state index in [0.717, 1.165) is 42.3 Å². The summed E-state index contributed by atoms with van der Waals surface area (Å²) in [5.74, 6) is -0.0343. The van der Waals surface area contributed by atoms with Crippen molar-refractivity contribution in [3.05, 3.63) is 58.6 Å². The molecule has 1 N–H and O–H groups in total. The molecule has 2 aliphatic rings. The van der Waals surface area contributed by atoms with E-state index in [1.54, 1.807) is 11.3 Å². The number of carbonyl (C=O) groups is 2. The number of carbonyl (C=O) groups excluding carboxylic acids is 2. The lowest BCUT2D eigenvalue weighted by Crippen LogP contribution is -2.65. The van der Waals surface area contributed by atoms with E-state index in [1.165, 1.54) is 29.7 Å². The maximum atomic E-state index is 13.8. The van der Waals surface area contributed by atoms with E-state index in [9.17, 15) is 9.59 Å². The highest BCUT2D eigenvalue weighted by molar-refractivity contribution is 7.19. The topological polar surface area (TPSA) is 54.3 Å². The quantitative estimate of drug-likeness (QED) is 0.484. The second-order valence-corrected chi connectivity index (χ2v) is 11.2. The van der Waals surface area contributed by atoms with Crippen LogP contribution in [-0.4, -0.2) is 39.4 Å². The Labute approximate surface area is 206 Å². The van der Waals surface area contributed by atoms with Crippen molar-refractivity contribution in [2.75, 3.05) is 6.54 Å². The highest BCUT2D eigenvalue weighted by Crippen LogP contribution is 2.36. The number of hydrogen-bond donors (Lipinski definition) is 1. The smallest absolute Gasteiger partial charge is 0.271 e. The fourth-order valence-electron chi connectivity index (χ4n) is 5.59. The zero-order valence-corrected chi connectivity index (χ0v) is 21.1. The van der Waals surface area contributed by atoms with E-state index >= 15 is 0 Å². The van der Waals surface area contributed by atoms with Crippen LogP contribution in [0, 0.1) is 0 Å². The third-order valence-electron chi connectivity index (χ3n) is 7.63. The highest BCUT2D eigenvalue weighted by Gasteiger charge is 2.48. The Morgan fingerprint density at radius 1 is 1.15 bits per heavy atom. The Bertz CT molecular complexity index is 1180. The number of nitrogens with one attached hydrogen (secondary N) is 1. The van der Waals surface area contributed by atoms with Crippen LogP contribution in [0.3, 0.4) is 0 Å². The largest absolute Gasteiger partial charge is 0.351 e. The van der Waals surface area contributed by atoms with E-state index in [4.69, 9.17) is 0 Å². The molecule has 1 fully saturated rings. The Hall–Kier alpha value is -2.60. The molecule has 0 bridgehead atoms. The fraction of sp³-hybridized carbons (Fsp3) is 0.500. The van der Waals surface area contributed by atoms with Gasteiger partial charge in [-0.2, -0.15) is 0 Å². The second kappa shape index (κ2) is 9.57. The van der Waals surface area contributed by atoms with Crippen molar-refractivity contribution in [3.8, 4) is 0 Å². The van der Waals surface area contributed by atoms with Crippen LogP contribution >= 0.6 is 11.3 Å². The summed E-state index contributed by atoms with van der Waals surface area (Å²) in [6, 6.07) is 14.8. The first-order valence-electron chi connectivity index (χ1n) is 12.8. The molecule has 1 atom stereocenters. The van der Waals surface area contributed by atoms with Gasteiger partial charge in [0.05, 0.1) is 16.8 Å². The van der Waals surface area contributed by atoms with Crippen molar-refractivity contribution in [2.45, 2.75) is 83.3 Å². The van der Waals surface area contributed by atoms with Gasteiger partial charge in [-0.05, 0) is 56.7 Å². The molecule has 0 unspecified atom stereocenters. The van der Waals surface area contributed by atoms with Crippen LogP contribution in [0.4, 0.5) is 0 Å². The molecule has 1 saturated carbocycles. The minimum atomic E-state index is -0.904. The molecule has 180 valence electrons. The van der Waals surface area contributed by atoms with E-state index < -0.39 is 5.54 Å². The molecule has 5 nitrogen and oxygen atoms in total. The van der Waals surface area contributed by atoms with Crippen LogP contribution in [0.25, 0.3) is 10.2 Å². The average molecular weight is 478 g/mol. The van der Waals surface area contributed by atoms with E-state index in [-0.39, 0.29) is 17.9 Å². The molecular weight excluding hydrogens is 442 g/mol. The SMILES string of the molecule is CCc1cc2c(cc3n2C[C@](C)(C(=O)NC2CCCCC2)N(CCCc2ccccc2)C3=O)s1. The van der Waals surface area contributed by atoms with Gasteiger partial charge in [0.25, 0.3) is 5.91 Å². The van der Waals surface area contributed by atoms with Gasteiger partial charge in [0.15, 0.2) is 0 Å². The minimum absolute atomic E-state index is 0.00842. The first-order chi connectivity index (χ1) is 16.5. The highest BCUT2D eigenvalue weighted by atomic mass is 32.1. The number of hydrogen-bond acceptors (Lipinski definition) is 3. The molecule has 2 amide bonds. The van der Waals surface area contributed by atoms with Gasteiger partial charge in [-0.3, -0.25) is 9.59 Å². The van der Waals surface area contributed by atoms with Crippen molar-refractivity contribution in [2.24, 2.45) is 0 Å². The molecule has 1 aliphatic heterocycles. The molecule has 0 spiro atoms. The van der Waals surface area contributed by atoms with E-state index in [2.05, 4.69) is 35.0 Å². The summed E-state index contributed by atoms with van der Waals surface area (Å²) in [5.41, 5.74) is 2.16. The zero-order valence-electron chi connectivity index (χ0n) is 20.3. The summed E-state index contributed by atoms with van der Waals surface area (Å²) in [7, 11) is 0. The lowest BCUT2D eigenvalue weighted by molar-refractivity contribution is -0.133. The van der Waals surface area contributed by atoms with Crippen molar-refractivity contribution in [1.29, 1.82) is 0 Å². The zero-order chi connectivity index (χ0) is 23.7. The van der Waals surface area contributed by atoms with Crippen LogP contribution in [0.15, 0.2) is 42.5 Å². The maximum absolute atomic E-state index is 13.8. The molecule has 2 aromatic heterocycles. The summed E-state index contributed by atoms with van der Waals surface area (Å²) in [4.78, 5) is 30.8. The molecule has 6 heteroatoms. The van der Waals surface area contributed by atoms with Crippen molar-refractivity contribution >= 4 is 33.4 Å². The van der Waals surface area contributed by atoms with E-state index in [1.807, 2.05) is 36.1 Å². The second-order valence-electron chi connectivity index (χ2n) is 10.1. The summed E-state index contributed by atoms with van der Waals surface area (Å²) in [6.07, 6.45) is 8.35. The first-order valence-corrected chi connectivity index (χ1v) is 13.6. The number of fused-ring (bicyclic) bond motifs is 3. The van der Waals surface area contributed by atoms with Gasteiger partial charge in [0.1, 0.15) is 11.2 Å². The van der Waals surface area contributed by atoms with Gasteiger partial charge in [-0.15, -0.1) is 11.3 Å². The predicted octanol–water partition coefficient (Wildman–Crippen LogP) is 5.56. The predicted molar refractivity (Wildman–Crippen MR) is 138 cm³/mol. The molecule has 3 heterocycles. The number of thiophene rings is 1. The lowest BCUT2D eigenvalue weighted by Gasteiger charge is -2.45. The molecule has 0 radical (unpaired) electrons. The van der Waals surface area contributed by atoms with Crippen molar-refractivity contribution in [1.82, 2.24) is 14.8 Å². The normalized spacial score (nSPS) is 21.1. The number of aromatic nitrogens is 1. The maximum Gasteiger partial charge on any atom is 0.271 e. The van der Waals surface area contributed by atoms with Crippen LogP contribution in [0.2, 0.25) is 0 Å². The molecular formula is C28H35N3O2S. The number of rotatable bonds is 7. The molecule has 34 heavy (non-hydrogen) atoms. The Morgan fingerprint density at radius 2 is 1.91 bits per heavy atom. The number of nitrogens with zero attached hydrogens (tertiary/aromatic N) is 2.